The number of carbonyl (C=O) groups excluding carboxylic acids is 1. The second-order valence-electron chi connectivity index (χ2n) is 10.4. The van der Waals surface area contributed by atoms with Crippen molar-refractivity contribution >= 4 is 5.91 Å². The van der Waals surface area contributed by atoms with E-state index in [1.54, 1.807) is 18.9 Å². The van der Waals surface area contributed by atoms with Crippen LogP contribution in [0.3, 0.4) is 0 Å². The molecule has 0 bridgehead atoms. The van der Waals surface area contributed by atoms with Crippen molar-refractivity contribution in [2.45, 2.75) is 51.1 Å². The second kappa shape index (κ2) is 14.1. The van der Waals surface area contributed by atoms with Gasteiger partial charge < -0.3 is 14.7 Å². The number of ether oxygens (including phenoxy) is 1. The zero-order chi connectivity index (χ0) is 31.0. The first-order valence-corrected chi connectivity index (χ1v) is 14.0. The largest absolute Gasteiger partial charge is 0.489 e. The van der Waals surface area contributed by atoms with Crippen LogP contribution in [0.15, 0.2) is 103 Å². The molecule has 0 fully saturated rings. The number of hydrogen-bond donors (Lipinski definition) is 1. The number of hydrogen-bond acceptors (Lipinski definition) is 3. The third-order valence-electron chi connectivity index (χ3n) is 7.46. The van der Waals surface area contributed by atoms with E-state index in [4.69, 9.17) is 4.74 Å². The fraction of sp³-hybridized carbons (Fsp3) is 0.250. The number of rotatable bonds is 10. The maximum atomic E-state index is 13.2. The van der Waals surface area contributed by atoms with Crippen molar-refractivity contribution in [1.29, 1.82) is 0 Å². The summed E-state index contributed by atoms with van der Waals surface area (Å²) in [6.45, 7) is 3.83. The lowest BCUT2D eigenvalue weighted by Crippen LogP contribution is -2.39. The van der Waals surface area contributed by atoms with E-state index in [1.807, 2.05) is 85.8 Å². The molecule has 4 nitrogen and oxygen atoms in total. The van der Waals surface area contributed by atoms with Gasteiger partial charge in [-0.05, 0) is 72.0 Å². The van der Waals surface area contributed by atoms with Crippen LogP contribution in [0, 0.1) is 11.8 Å². The van der Waals surface area contributed by atoms with E-state index in [0.29, 0.717) is 11.3 Å². The van der Waals surface area contributed by atoms with Crippen LogP contribution in [0.2, 0.25) is 0 Å². The van der Waals surface area contributed by atoms with Gasteiger partial charge in [0, 0.05) is 13.5 Å². The van der Waals surface area contributed by atoms with Gasteiger partial charge in [0.25, 0.3) is 0 Å². The van der Waals surface area contributed by atoms with Crippen LogP contribution in [0.4, 0.5) is 13.2 Å². The molecule has 7 heteroatoms. The van der Waals surface area contributed by atoms with Crippen molar-refractivity contribution in [3.63, 3.8) is 0 Å². The molecule has 0 radical (unpaired) electrons. The lowest BCUT2D eigenvalue weighted by molar-refractivity contribution is -0.137. The summed E-state index contributed by atoms with van der Waals surface area (Å²) in [5, 5.41) is 10.8. The Kier molecular flexibility index (Phi) is 10.3. The predicted molar refractivity (Wildman–Crippen MR) is 162 cm³/mol. The van der Waals surface area contributed by atoms with E-state index >= 15 is 0 Å². The number of benzene rings is 4. The van der Waals surface area contributed by atoms with Crippen LogP contribution in [-0.2, 0) is 17.6 Å². The van der Waals surface area contributed by atoms with Gasteiger partial charge in [0.15, 0.2) is 0 Å². The lowest BCUT2D eigenvalue weighted by Gasteiger charge is -2.30. The van der Waals surface area contributed by atoms with Gasteiger partial charge in [-0.3, -0.25) is 4.79 Å². The third-order valence-corrected chi connectivity index (χ3v) is 7.46. The summed E-state index contributed by atoms with van der Waals surface area (Å²) in [6, 6.07) is 28.8. The summed E-state index contributed by atoms with van der Waals surface area (Å²) < 4.78 is 44.7. The molecule has 222 valence electrons. The maximum Gasteiger partial charge on any atom is 0.416 e. The van der Waals surface area contributed by atoms with Crippen LogP contribution in [0.25, 0.3) is 11.1 Å². The Hall–Kier alpha value is -4.54. The molecule has 43 heavy (non-hydrogen) atoms. The summed E-state index contributed by atoms with van der Waals surface area (Å²) >= 11 is 0. The van der Waals surface area contributed by atoms with Gasteiger partial charge in [-0.15, -0.1) is 5.92 Å². The number of amides is 1. The fourth-order valence-electron chi connectivity index (χ4n) is 4.77. The van der Waals surface area contributed by atoms with Gasteiger partial charge in [0.2, 0.25) is 5.91 Å². The fourth-order valence-corrected chi connectivity index (χ4v) is 4.77. The molecule has 0 aliphatic rings. The Morgan fingerprint density at radius 3 is 2.19 bits per heavy atom. The Labute approximate surface area is 250 Å². The molecule has 0 saturated carbocycles. The van der Waals surface area contributed by atoms with E-state index in [-0.39, 0.29) is 24.9 Å². The highest BCUT2D eigenvalue weighted by Crippen LogP contribution is 2.31. The summed E-state index contributed by atoms with van der Waals surface area (Å²) in [5.74, 6) is 6.24. The normalized spacial score (nSPS) is 13.3. The molecular weight excluding hydrogens is 551 g/mol. The molecule has 4 aromatic rings. The zero-order valence-electron chi connectivity index (χ0n) is 24.3. The number of halogens is 3. The highest BCUT2D eigenvalue weighted by Gasteiger charge is 2.30. The first-order valence-electron chi connectivity index (χ1n) is 14.0. The van der Waals surface area contributed by atoms with Gasteiger partial charge >= 0.3 is 6.18 Å². The van der Waals surface area contributed by atoms with Crippen LogP contribution in [0.5, 0.6) is 5.75 Å². The molecule has 3 atom stereocenters. The van der Waals surface area contributed by atoms with Crippen LogP contribution in [0.1, 0.15) is 54.5 Å². The van der Waals surface area contributed by atoms with Crippen molar-refractivity contribution < 1.29 is 27.8 Å². The Balaban J connectivity index is 1.37. The molecule has 0 aliphatic carbocycles. The van der Waals surface area contributed by atoms with Gasteiger partial charge in [-0.2, -0.15) is 13.2 Å². The van der Waals surface area contributed by atoms with E-state index in [9.17, 15) is 23.1 Å². The van der Waals surface area contributed by atoms with Gasteiger partial charge in [-0.1, -0.05) is 78.7 Å². The van der Waals surface area contributed by atoms with Crippen molar-refractivity contribution in [2.24, 2.45) is 0 Å². The summed E-state index contributed by atoms with van der Waals surface area (Å²) in [5.41, 5.74) is 3.30. The molecule has 1 N–H and O–H groups in total. The van der Waals surface area contributed by atoms with Crippen molar-refractivity contribution in [3.8, 4) is 28.7 Å². The number of aliphatic hydroxyl groups is 1. The van der Waals surface area contributed by atoms with E-state index < -0.39 is 23.9 Å². The summed E-state index contributed by atoms with van der Waals surface area (Å²) in [7, 11) is 1.69. The molecule has 0 spiro atoms. The minimum absolute atomic E-state index is 0.122. The third kappa shape index (κ3) is 8.27. The molecule has 0 heterocycles. The summed E-state index contributed by atoms with van der Waals surface area (Å²) in [6.07, 6.45) is -5.01. The Morgan fingerprint density at radius 1 is 0.884 bits per heavy atom. The van der Waals surface area contributed by atoms with E-state index in [2.05, 4.69) is 11.8 Å². The summed E-state index contributed by atoms with van der Waals surface area (Å²) in [4.78, 5) is 14.7. The second-order valence-corrected chi connectivity index (χ2v) is 10.4. The number of aliphatic hydroxyl groups excluding tert-OH is 1. The first-order chi connectivity index (χ1) is 20.6. The van der Waals surface area contributed by atoms with Crippen LogP contribution < -0.4 is 4.74 Å². The quantitative estimate of drug-likeness (QED) is 0.192. The molecule has 0 saturated heterocycles. The van der Waals surface area contributed by atoms with Gasteiger partial charge in [-0.25, -0.2) is 0 Å². The zero-order valence-corrected chi connectivity index (χ0v) is 24.3. The van der Waals surface area contributed by atoms with E-state index in [1.165, 1.54) is 12.1 Å². The SMILES string of the molecule is CC#C[C@@H](CC(=O)N(C)[C@@H](C)[C@H](O)c1ccccc1)c1ccc(OCc2cccc(-c3ccc(C(F)(F)F)cc3)c2)cc1. The van der Waals surface area contributed by atoms with E-state index in [0.717, 1.165) is 34.4 Å². The number of alkyl halides is 3. The van der Waals surface area contributed by atoms with Crippen LogP contribution >= 0.6 is 0 Å². The average Bonchev–Trinajstić information content (AvgIpc) is 3.03. The smallest absolute Gasteiger partial charge is 0.416 e. The predicted octanol–water partition coefficient (Wildman–Crippen LogP) is 8.03. The Bertz CT molecular complexity index is 1560. The highest BCUT2D eigenvalue weighted by atomic mass is 19.4. The molecule has 1 amide bonds. The molecule has 0 aromatic heterocycles. The maximum absolute atomic E-state index is 13.2. The van der Waals surface area contributed by atoms with Gasteiger partial charge in [0.05, 0.1) is 23.6 Å². The van der Waals surface area contributed by atoms with Crippen LogP contribution in [-0.4, -0.2) is 29.0 Å². The molecule has 0 unspecified atom stereocenters. The lowest BCUT2D eigenvalue weighted by atomic mass is 9.94. The first kappa shape index (κ1) is 31.4. The molecule has 0 aliphatic heterocycles. The molecule has 4 rings (SSSR count). The van der Waals surface area contributed by atoms with Gasteiger partial charge in [0.1, 0.15) is 12.4 Å². The highest BCUT2D eigenvalue weighted by molar-refractivity contribution is 5.78. The van der Waals surface area contributed by atoms with Crippen molar-refractivity contribution in [3.05, 3.63) is 125 Å². The minimum Gasteiger partial charge on any atom is -0.489 e. The topological polar surface area (TPSA) is 49.8 Å². The standard InChI is InChI=1S/C36H34F3NO3/c1-4-9-30(23-34(41)40(3)25(2)35(42)29-11-6-5-7-12-29)28-16-20-33(21-17-28)43-24-26-10-8-13-31(22-26)27-14-18-32(19-15-27)36(37,38)39/h5-8,10-22,25,30,35,42H,23-24H2,1-3H3/t25-,30-,35-/m0/s1. The van der Waals surface area contributed by atoms with Crippen molar-refractivity contribution in [1.82, 2.24) is 4.90 Å². The Morgan fingerprint density at radius 2 is 1.56 bits per heavy atom. The molecule has 4 aromatic carbocycles. The van der Waals surface area contributed by atoms with Crippen molar-refractivity contribution in [2.75, 3.05) is 7.05 Å². The monoisotopic (exact) mass is 585 g/mol. The molecular formula is C36H34F3NO3. The average molecular weight is 586 g/mol. The number of likely N-dealkylation sites (N-methyl/N-ethyl adjacent to an activating group) is 1. The minimum atomic E-state index is -4.37. The number of carbonyl (C=O) groups is 1. The number of nitrogens with zero attached hydrogens (tertiary/aromatic N) is 1.